The normalized spacial score (nSPS) is 46.4. The SMILES string of the molecule is CC.CC.CC1CC2OC3(CCCC4(CC5CCCC6=CC(=O)CCC65C)CC43C)CC2N(CCO)C1. The Morgan fingerprint density at radius 2 is 1.84 bits per heavy atom. The number of likely N-dealkylation sites (tertiary alicyclic amines) is 1. The molecule has 0 amide bonds. The Kier molecular flexibility index (Phi) is 8.74. The number of ether oxygens (including phenoxy) is 1. The Morgan fingerprint density at radius 1 is 1.08 bits per heavy atom. The van der Waals surface area contributed by atoms with Crippen molar-refractivity contribution in [1.29, 1.82) is 0 Å². The van der Waals surface area contributed by atoms with Gasteiger partial charge in [-0.05, 0) is 99.4 Å². The summed E-state index contributed by atoms with van der Waals surface area (Å²) in [7, 11) is 0. The number of fused-ring (bicyclic) bond motifs is 4. The van der Waals surface area contributed by atoms with Gasteiger partial charge in [0.05, 0.1) is 18.3 Å². The molecule has 4 nitrogen and oxygen atoms in total. The van der Waals surface area contributed by atoms with E-state index < -0.39 is 0 Å². The molecule has 6 rings (SSSR count). The van der Waals surface area contributed by atoms with Gasteiger partial charge in [0.15, 0.2) is 5.78 Å². The lowest BCUT2D eigenvalue weighted by Crippen LogP contribution is -2.49. The van der Waals surface area contributed by atoms with Crippen molar-refractivity contribution in [3.05, 3.63) is 11.6 Å². The third kappa shape index (κ3) is 4.69. The number of piperidine rings is 1. The van der Waals surface area contributed by atoms with Crippen molar-refractivity contribution >= 4 is 5.78 Å². The molecule has 1 spiro atoms. The third-order valence-electron chi connectivity index (χ3n) is 11.9. The fraction of sp³-hybridized carbons (Fsp3) is 0.909. The van der Waals surface area contributed by atoms with Gasteiger partial charge in [0.1, 0.15) is 0 Å². The van der Waals surface area contributed by atoms with E-state index >= 15 is 0 Å². The van der Waals surface area contributed by atoms with Gasteiger partial charge in [0.25, 0.3) is 0 Å². The largest absolute Gasteiger partial charge is 0.395 e. The second kappa shape index (κ2) is 11.0. The van der Waals surface area contributed by atoms with Crippen molar-refractivity contribution in [1.82, 2.24) is 4.90 Å². The summed E-state index contributed by atoms with van der Waals surface area (Å²) in [5.41, 5.74) is 2.48. The minimum absolute atomic E-state index is 0.0368. The fourth-order valence-corrected chi connectivity index (χ4v) is 9.85. The predicted octanol–water partition coefficient (Wildman–Crippen LogP) is 7.34. The van der Waals surface area contributed by atoms with Crippen molar-refractivity contribution in [3.8, 4) is 0 Å². The Morgan fingerprint density at radius 3 is 2.57 bits per heavy atom. The van der Waals surface area contributed by atoms with Crippen molar-refractivity contribution in [2.45, 2.75) is 143 Å². The molecule has 5 fully saturated rings. The lowest BCUT2D eigenvalue weighted by molar-refractivity contribution is -0.132. The predicted molar refractivity (Wildman–Crippen MR) is 153 cm³/mol. The quantitative estimate of drug-likeness (QED) is 0.426. The summed E-state index contributed by atoms with van der Waals surface area (Å²) in [6.07, 6.45) is 16.8. The number of allylic oxidation sites excluding steroid dienone is 2. The Hall–Kier alpha value is -0.710. The Balaban J connectivity index is 0.000000765. The van der Waals surface area contributed by atoms with Gasteiger partial charge < -0.3 is 9.84 Å². The minimum Gasteiger partial charge on any atom is -0.395 e. The maximum atomic E-state index is 12.2. The van der Waals surface area contributed by atoms with Crippen LogP contribution in [0.3, 0.4) is 0 Å². The molecule has 6 aliphatic rings. The standard InChI is InChI=1S/C29H45NO3.2C2H6/c1-20-14-25-24(30(18-20)12-13-31)17-29(33-25)10-5-9-28(19-27(28,29)3)16-22-7-4-6-21-15-23(32)8-11-26(21,22)2;2*1-2/h15,20,22,24-25,31H,4-14,16-19H2,1-3H3;2*1-2H3. The number of aliphatic hydroxyl groups is 1. The first-order chi connectivity index (χ1) is 17.7. The number of carbonyl (C=O) groups excluding carboxylic acids is 1. The average molecular weight is 516 g/mol. The van der Waals surface area contributed by atoms with Crippen molar-refractivity contribution in [2.24, 2.45) is 28.1 Å². The van der Waals surface area contributed by atoms with Gasteiger partial charge >= 0.3 is 0 Å². The highest BCUT2D eigenvalue weighted by molar-refractivity contribution is 5.91. The highest BCUT2D eigenvalue weighted by atomic mass is 16.5. The molecule has 8 unspecified atom stereocenters. The molecule has 4 heteroatoms. The van der Waals surface area contributed by atoms with Gasteiger partial charge in [-0.2, -0.15) is 0 Å². The van der Waals surface area contributed by atoms with Crippen LogP contribution in [0.5, 0.6) is 0 Å². The Labute approximate surface area is 228 Å². The van der Waals surface area contributed by atoms with Crippen LogP contribution in [0.25, 0.3) is 0 Å². The molecular weight excluding hydrogens is 458 g/mol. The molecule has 8 atom stereocenters. The van der Waals surface area contributed by atoms with Gasteiger partial charge in [-0.3, -0.25) is 9.69 Å². The number of ketones is 1. The number of hydrogen-bond acceptors (Lipinski definition) is 4. The van der Waals surface area contributed by atoms with Crippen LogP contribution in [0, 0.1) is 28.1 Å². The van der Waals surface area contributed by atoms with Gasteiger partial charge in [0, 0.05) is 31.0 Å². The number of β-amino-alcohol motifs (C(OH)–C–C–N with tert-alkyl or cyclic N) is 1. The van der Waals surface area contributed by atoms with E-state index in [1.807, 2.05) is 33.8 Å². The van der Waals surface area contributed by atoms with Crippen LogP contribution in [0.15, 0.2) is 11.6 Å². The summed E-state index contributed by atoms with van der Waals surface area (Å²) in [4.78, 5) is 14.7. The lowest BCUT2D eigenvalue weighted by atomic mass is 9.56. The lowest BCUT2D eigenvalue weighted by Gasteiger charge is -2.50. The van der Waals surface area contributed by atoms with E-state index in [1.165, 1.54) is 63.4 Å². The van der Waals surface area contributed by atoms with Gasteiger partial charge in [-0.25, -0.2) is 0 Å². The van der Waals surface area contributed by atoms with Crippen LogP contribution >= 0.6 is 0 Å². The molecule has 1 N–H and O–H groups in total. The highest BCUT2D eigenvalue weighted by Gasteiger charge is 2.77. The van der Waals surface area contributed by atoms with Crippen LogP contribution < -0.4 is 0 Å². The number of rotatable bonds is 4. The number of carbonyl (C=O) groups is 1. The van der Waals surface area contributed by atoms with Crippen molar-refractivity contribution < 1.29 is 14.6 Å². The molecule has 2 saturated heterocycles. The van der Waals surface area contributed by atoms with Crippen LogP contribution in [0.2, 0.25) is 0 Å². The van der Waals surface area contributed by atoms with Crippen molar-refractivity contribution in [3.63, 3.8) is 0 Å². The average Bonchev–Trinajstić information content (AvgIpc) is 3.33. The molecule has 2 aliphatic heterocycles. The molecule has 0 bridgehead atoms. The van der Waals surface area contributed by atoms with Crippen LogP contribution in [-0.4, -0.2) is 53.2 Å². The molecule has 212 valence electrons. The van der Waals surface area contributed by atoms with Gasteiger partial charge in [-0.1, -0.05) is 54.0 Å². The molecule has 0 aromatic rings. The first-order valence-corrected chi connectivity index (χ1v) is 16.0. The van der Waals surface area contributed by atoms with Gasteiger partial charge in [-0.15, -0.1) is 0 Å². The second-order valence-corrected chi connectivity index (χ2v) is 13.5. The van der Waals surface area contributed by atoms with E-state index in [0.29, 0.717) is 34.7 Å². The van der Waals surface area contributed by atoms with E-state index in [-0.39, 0.29) is 17.6 Å². The third-order valence-corrected chi connectivity index (χ3v) is 11.9. The molecule has 4 aliphatic carbocycles. The maximum absolute atomic E-state index is 12.2. The van der Waals surface area contributed by atoms with E-state index in [0.717, 1.165) is 38.3 Å². The van der Waals surface area contributed by atoms with Crippen LogP contribution in [-0.2, 0) is 9.53 Å². The zero-order valence-electron chi connectivity index (χ0n) is 25.2. The first-order valence-electron chi connectivity index (χ1n) is 16.0. The zero-order chi connectivity index (χ0) is 27.1. The first kappa shape index (κ1) is 29.3. The molecule has 0 aromatic heterocycles. The number of hydrogen-bond donors (Lipinski definition) is 1. The Bertz CT molecular complexity index is 855. The molecule has 2 heterocycles. The molecule has 37 heavy (non-hydrogen) atoms. The van der Waals surface area contributed by atoms with Gasteiger partial charge in [0.2, 0.25) is 0 Å². The topological polar surface area (TPSA) is 49.8 Å². The van der Waals surface area contributed by atoms with Crippen LogP contribution in [0.4, 0.5) is 0 Å². The van der Waals surface area contributed by atoms with E-state index in [2.05, 4.69) is 25.7 Å². The molecule has 3 saturated carbocycles. The fourth-order valence-electron chi connectivity index (χ4n) is 9.85. The highest BCUT2D eigenvalue weighted by Crippen LogP contribution is 2.80. The monoisotopic (exact) mass is 515 g/mol. The molecule has 0 radical (unpaired) electrons. The van der Waals surface area contributed by atoms with E-state index in [4.69, 9.17) is 4.74 Å². The van der Waals surface area contributed by atoms with E-state index in [9.17, 15) is 9.90 Å². The summed E-state index contributed by atoms with van der Waals surface area (Å²) in [5, 5.41) is 9.69. The maximum Gasteiger partial charge on any atom is 0.155 e. The second-order valence-electron chi connectivity index (χ2n) is 13.5. The summed E-state index contributed by atoms with van der Waals surface area (Å²) in [6.45, 7) is 17.6. The van der Waals surface area contributed by atoms with Crippen LogP contribution in [0.1, 0.15) is 126 Å². The molecular formula is C33H57NO3. The smallest absolute Gasteiger partial charge is 0.155 e. The minimum atomic E-state index is 0.0368. The zero-order valence-corrected chi connectivity index (χ0v) is 25.2. The molecule has 0 aromatic carbocycles. The summed E-state index contributed by atoms with van der Waals surface area (Å²) >= 11 is 0. The number of nitrogens with zero attached hydrogens (tertiary/aromatic N) is 1. The summed E-state index contributed by atoms with van der Waals surface area (Å²) in [6, 6.07) is 0.493. The van der Waals surface area contributed by atoms with Crippen molar-refractivity contribution in [2.75, 3.05) is 19.7 Å². The summed E-state index contributed by atoms with van der Waals surface area (Å²) in [5.74, 6) is 1.73. The number of aliphatic hydroxyl groups excluding tert-OH is 1. The summed E-state index contributed by atoms with van der Waals surface area (Å²) < 4.78 is 7.18. The van der Waals surface area contributed by atoms with E-state index in [1.54, 1.807) is 0 Å².